The first-order chi connectivity index (χ1) is 5.56. The quantitative estimate of drug-likeness (QED) is 0.628. The lowest BCUT2D eigenvalue weighted by molar-refractivity contribution is 0.291. The maximum atomic E-state index is 8.58. The summed E-state index contributed by atoms with van der Waals surface area (Å²) < 4.78 is 0. The largest absolute Gasteiger partial charge is 0.305 e. The van der Waals surface area contributed by atoms with Gasteiger partial charge in [0.15, 0.2) is 0 Å². The maximum Gasteiger partial charge on any atom is 0.0666 e. The van der Waals surface area contributed by atoms with Gasteiger partial charge in [0.2, 0.25) is 0 Å². The SMILES string of the molecule is CC(C)CCN(C)CC(C)C#N. The molecule has 0 aliphatic carbocycles. The summed E-state index contributed by atoms with van der Waals surface area (Å²) in [6.07, 6.45) is 1.22. The molecule has 0 aliphatic rings. The number of hydrogen-bond donors (Lipinski definition) is 0. The van der Waals surface area contributed by atoms with E-state index in [1.54, 1.807) is 0 Å². The normalized spacial score (nSPS) is 13.4. The van der Waals surface area contributed by atoms with Gasteiger partial charge in [-0.1, -0.05) is 13.8 Å². The van der Waals surface area contributed by atoms with Crippen LogP contribution >= 0.6 is 0 Å². The van der Waals surface area contributed by atoms with Crippen molar-refractivity contribution in [3.05, 3.63) is 0 Å². The molecule has 0 radical (unpaired) electrons. The Balaban J connectivity index is 3.47. The van der Waals surface area contributed by atoms with Crippen LogP contribution < -0.4 is 0 Å². The number of nitriles is 1. The van der Waals surface area contributed by atoms with E-state index in [1.807, 2.05) is 6.92 Å². The number of hydrogen-bond acceptors (Lipinski definition) is 2. The summed E-state index contributed by atoms with van der Waals surface area (Å²) in [6.45, 7) is 8.40. The van der Waals surface area contributed by atoms with Gasteiger partial charge in [0, 0.05) is 6.54 Å². The highest BCUT2D eigenvalue weighted by atomic mass is 15.1. The van der Waals surface area contributed by atoms with Gasteiger partial charge in [-0.05, 0) is 32.9 Å². The molecular weight excluding hydrogens is 148 g/mol. The molecule has 0 rings (SSSR count). The second-order valence-electron chi connectivity index (χ2n) is 3.97. The van der Waals surface area contributed by atoms with Crippen LogP contribution in [0.1, 0.15) is 27.2 Å². The van der Waals surface area contributed by atoms with Crippen LogP contribution in [0.25, 0.3) is 0 Å². The molecule has 0 aromatic carbocycles. The molecule has 0 aromatic heterocycles. The van der Waals surface area contributed by atoms with Crippen LogP contribution in [0.5, 0.6) is 0 Å². The lowest BCUT2D eigenvalue weighted by atomic mass is 10.1. The molecular formula is C10H20N2. The lowest BCUT2D eigenvalue weighted by Crippen LogP contribution is -2.25. The molecule has 2 heteroatoms. The van der Waals surface area contributed by atoms with E-state index in [0.29, 0.717) is 0 Å². The highest BCUT2D eigenvalue weighted by Gasteiger charge is 2.05. The zero-order chi connectivity index (χ0) is 9.56. The molecule has 0 fully saturated rings. The van der Waals surface area contributed by atoms with E-state index in [0.717, 1.165) is 19.0 Å². The Kier molecular flexibility index (Phi) is 5.74. The molecule has 0 N–H and O–H groups in total. The van der Waals surface area contributed by atoms with Gasteiger partial charge in [-0.25, -0.2) is 0 Å². The minimum atomic E-state index is 0.155. The van der Waals surface area contributed by atoms with Gasteiger partial charge in [-0.15, -0.1) is 0 Å². The summed E-state index contributed by atoms with van der Waals surface area (Å²) in [5, 5.41) is 8.58. The Labute approximate surface area is 76.2 Å². The number of nitrogens with zero attached hydrogens (tertiary/aromatic N) is 2. The molecule has 0 aliphatic heterocycles. The van der Waals surface area contributed by atoms with Crippen LogP contribution in [0.15, 0.2) is 0 Å². The summed E-state index contributed by atoms with van der Waals surface area (Å²) in [5.41, 5.74) is 0. The van der Waals surface area contributed by atoms with E-state index in [9.17, 15) is 0 Å². The second-order valence-corrected chi connectivity index (χ2v) is 3.97. The van der Waals surface area contributed by atoms with Crippen molar-refractivity contribution in [1.29, 1.82) is 5.26 Å². The van der Waals surface area contributed by atoms with Crippen molar-refractivity contribution in [2.75, 3.05) is 20.1 Å². The zero-order valence-electron chi connectivity index (χ0n) is 8.67. The molecule has 0 saturated carbocycles. The van der Waals surface area contributed by atoms with Crippen LogP contribution in [0, 0.1) is 23.2 Å². The van der Waals surface area contributed by atoms with E-state index in [1.165, 1.54) is 6.42 Å². The molecule has 0 aromatic rings. The van der Waals surface area contributed by atoms with Crippen LogP contribution in [0.3, 0.4) is 0 Å². The monoisotopic (exact) mass is 168 g/mol. The van der Waals surface area contributed by atoms with Gasteiger partial charge in [0.05, 0.1) is 12.0 Å². The molecule has 70 valence electrons. The standard InChI is InChI=1S/C10H20N2/c1-9(2)5-6-12(4)8-10(3)7-11/h9-10H,5-6,8H2,1-4H3. The van der Waals surface area contributed by atoms with Crippen LogP contribution in [-0.2, 0) is 0 Å². The van der Waals surface area contributed by atoms with E-state index in [-0.39, 0.29) is 5.92 Å². The van der Waals surface area contributed by atoms with Gasteiger partial charge in [-0.3, -0.25) is 0 Å². The van der Waals surface area contributed by atoms with Crippen molar-refractivity contribution < 1.29 is 0 Å². The first-order valence-electron chi connectivity index (χ1n) is 4.64. The highest BCUT2D eigenvalue weighted by molar-refractivity contribution is 4.80. The van der Waals surface area contributed by atoms with Crippen molar-refractivity contribution >= 4 is 0 Å². The van der Waals surface area contributed by atoms with Crippen LogP contribution in [-0.4, -0.2) is 25.0 Å². The van der Waals surface area contributed by atoms with Gasteiger partial charge >= 0.3 is 0 Å². The first kappa shape index (κ1) is 11.4. The molecule has 12 heavy (non-hydrogen) atoms. The third-order valence-electron chi connectivity index (χ3n) is 1.89. The van der Waals surface area contributed by atoms with E-state index < -0.39 is 0 Å². The molecule has 2 nitrogen and oxygen atoms in total. The summed E-state index contributed by atoms with van der Waals surface area (Å²) >= 11 is 0. The fourth-order valence-electron chi connectivity index (χ4n) is 1.08. The Hall–Kier alpha value is -0.550. The first-order valence-corrected chi connectivity index (χ1v) is 4.64. The Morgan fingerprint density at radius 3 is 2.33 bits per heavy atom. The fraction of sp³-hybridized carbons (Fsp3) is 0.900. The van der Waals surface area contributed by atoms with Crippen molar-refractivity contribution in [2.24, 2.45) is 11.8 Å². The van der Waals surface area contributed by atoms with E-state index in [2.05, 4.69) is 31.9 Å². The molecule has 0 bridgehead atoms. The third kappa shape index (κ3) is 6.18. The predicted molar refractivity (Wildman–Crippen MR) is 51.7 cm³/mol. The third-order valence-corrected chi connectivity index (χ3v) is 1.89. The second kappa shape index (κ2) is 6.02. The minimum absolute atomic E-state index is 0.155. The topological polar surface area (TPSA) is 27.0 Å². The highest BCUT2D eigenvalue weighted by Crippen LogP contribution is 2.02. The van der Waals surface area contributed by atoms with Crippen molar-refractivity contribution in [2.45, 2.75) is 27.2 Å². The van der Waals surface area contributed by atoms with Gasteiger partial charge in [-0.2, -0.15) is 5.26 Å². The van der Waals surface area contributed by atoms with Crippen molar-refractivity contribution in [1.82, 2.24) is 4.90 Å². The van der Waals surface area contributed by atoms with Crippen molar-refractivity contribution in [3.63, 3.8) is 0 Å². The predicted octanol–water partition coefficient (Wildman–Crippen LogP) is 2.12. The lowest BCUT2D eigenvalue weighted by Gasteiger charge is -2.18. The van der Waals surface area contributed by atoms with Crippen LogP contribution in [0.4, 0.5) is 0 Å². The average Bonchev–Trinajstić information content (AvgIpc) is 2.00. The summed E-state index contributed by atoms with van der Waals surface area (Å²) in [6, 6.07) is 2.24. The van der Waals surface area contributed by atoms with Gasteiger partial charge < -0.3 is 4.90 Å². The smallest absolute Gasteiger partial charge is 0.0666 e. The average molecular weight is 168 g/mol. The Bertz CT molecular complexity index is 146. The van der Waals surface area contributed by atoms with E-state index >= 15 is 0 Å². The summed E-state index contributed by atoms with van der Waals surface area (Å²) in [5.74, 6) is 0.909. The van der Waals surface area contributed by atoms with E-state index in [4.69, 9.17) is 5.26 Å². The number of rotatable bonds is 5. The van der Waals surface area contributed by atoms with Gasteiger partial charge in [0.25, 0.3) is 0 Å². The molecule has 0 heterocycles. The van der Waals surface area contributed by atoms with Crippen LogP contribution in [0.2, 0.25) is 0 Å². The maximum absolute atomic E-state index is 8.58. The van der Waals surface area contributed by atoms with Gasteiger partial charge in [0.1, 0.15) is 0 Å². The summed E-state index contributed by atoms with van der Waals surface area (Å²) in [4.78, 5) is 2.23. The summed E-state index contributed by atoms with van der Waals surface area (Å²) in [7, 11) is 2.08. The molecule has 0 spiro atoms. The molecule has 0 amide bonds. The molecule has 1 atom stereocenters. The molecule has 1 unspecified atom stereocenters. The fourth-order valence-corrected chi connectivity index (χ4v) is 1.08. The Morgan fingerprint density at radius 2 is 1.92 bits per heavy atom. The van der Waals surface area contributed by atoms with Crippen molar-refractivity contribution in [3.8, 4) is 6.07 Å². The zero-order valence-corrected chi connectivity index (χ0v) is 8.67. The molecule has 0 saturated heterocycles. The minimum Gasteiger partial charge on any atom is -0.305 e. The Morgan fingerprint density at radius 1 is 1.33 bits per heavy atom.